The molecular formula is C23H26N4O2. The number of aromatic nitrogens is 2. The van der Waals surface area contributed by atoms with Gasteiger partial charge in [-0.1, -0.05) is 49.4 Å². The molecule has 1 heterocycles. The molecule has 0 radical (unpaired) electrons. The fourth-order valence-corrected chi connectivity index (χ4v) is 3.23. The molecule has 29 heavy (non-hydrogen) atoms. The Bertz CT molecular complexity index is 980. The van der Waals surface area contributed by atoms with Crippen LogP contribution in [0.25, 0.3) is 0 Å². The van der Waals surface area contributed by atoms with Crippen molar-refractivity contribution < 1.29 is 9.59 Å². The van der Waals surface area contributed by atoms with E-state index in [2.05, 4.69) is 15.7 Å². The van der Waals surface area contributed by atoms with E-state index in [0.717, 1.165) is 16.8 Å². The molecule has 150 valence electrons. The first kappa shape index (κ1) is 20.3. The summed E-state index contributed by atoms with van der Waals surface area (Å²) in [5, 5.41) is 10.1. The Morgan fingerprint density at radius 3 is 2.41 bits per heavy atom. The van der Waals surface area contributed by atoms with Gasteiger partial charge in [0.25, 0.3) is 11.8 Å². The summed E-state index contributed by atoms with van der Waals surface area (Å²) in [5.74, 6) is -0.277. The van der Waals surface area contributed by atoms with Gasteiger partial charge in [0, 0.05) is 18.7 Å². The second-order valence-electron chi connectivity index (χ2n) is 6.74. The molecule has 0 aliphatic heterocycles. The van der Waals surface area contributed by atoms with Gasteiger partial charge in [0.1, 0.15) is 0 Å². The van der Waals surface area contributed by atoms with Crippen LogP contribution in [0.4, 0.5) is 0 Å². The zero-order chi connectivity index (χ0) is 20.6. The molecule has 2 amide bonds. The SMILES string of the molecule is CCNC(=O)c1cccc(CNC(=O)c2cnn(Cc3ccccc3)c2CC)c1. The highest BCUT2D eigenvalue weighted by Gasteiger charge is 2.16. The maximum Gasteiger partial charge on any atom is 0.255 e. The van der Waals surface area contributed by atoms with Gasteiger partial charge in [-0.15, -0.1) is 0 Å². The molecular weight excluding hydrogens is 364 g/mol. The van der Waals surface area contributed by atoms with Crippen LogP contribution >= 0.6 is 0 Å². The van der Waals surface area contributed by atoms with Crippen molar-refractivity contribution in [1.82, 2.24) is 20.4 Å². The quantitative estimate of drug-likeness (QED) is 0.620. The number of carbonyl (C=O) groups is 2. The maximum atomic E-state index is 12.7. The van der Waals surface area contributed by atoms with E-state index in [1.54, 1.807) is 18.3 Å². The Hall–Kier alpha value is -3.41. The lowest BCUT2D eigenvalue weighted by Crippen LogP contribution is -2.25. The molecule has 0 bridgehead atoms. The van der Waals surface area contributed by atoms with Crippen LogP contribution in [0.15, 0.2) is 60.8 Å². The van der Waals surface area contributed by atoms with Gasteiger partial charge in [-0.3, -0.25) is 14.3 Å². The standard InChI is InChI=1S/C23H26N4O2/c1-3-21-20(15-26-27(21)16-17-9-6-5-7-10-17)23(29)25-14-18-11-8-12-19(13-18)22(28)24-4-2/h5-13,15H,3-4,14,16H2,1-2H3,(H,24,28)(H,25,29). The first-order valence-corrected chi connectivity index (χ1v) is 9.86. The summed E-state index contributed by atoms with van der Waals surface area (Å²) in [6.45, 7) is 5.45. The third-order valence-electron chi connectivity index (χ3n) is 4.68. The van der Waals surface area contributed by atoms with Gasteiger partial charge in [0.05, 0.1) is 24.0 Å². The fraction of sp³-hybridized carbons (Fsp3) is 0.261. The summed E-state index contributed by atoms with van der Waals surface area (Å²) in [4.78, 5) is 24.7. The highest BCUT2D eigenvalue weighted by Crippen LogP contribution is 2.13. The van der Waals surface area contributed by atoms with Crippen LogP contribution in [0.1, 0.15) is 51.4 Å². The normalized spacial score (nSPS) is 10.6. The number of hydrogen-bond donors (Lipinski definition) is 2. The number of benzene rings is 2. The Morgan fingerprint density at radius 2 is 1.69 bits per heavy atom. The van der Waals surface area contributed by atoms with Crippen molar-refractivity contribution in [1.29, 1.82) is 0 Å². The fourth-order valence-electron chi connectivity index (χ4n) is 3.23. The summed E-state index contributed by atoms with van der Waals surface area (Å²) in [7, 11) is 0. The van der Waals surface area contributed by atoms with Crippen molar-refractivity contribution in [3.05, 3.63) is 88.7 Å². The first-order chi connectivity index (χ1) is 14.1. The van der Waals surface area contributed by atoms with Crippen molar-refractivity contribution >= 4 is 11.8 Å². The van der Waals surface area contributed by atoms with E-state index in [9.17, 15) is 9.59 Å². The molecule has 6 nitrogen and oxygen atoms in total. The van der Waals surface area contributed by atoms with Crippen molar-refractivity contribution in [3.63, 3.8) is 0 Å². The van der Waals surface area contributed by atoms with Crippen LogP contribution in [-0.2, 0) is 19.5 Å². The number of rotatable bonds is 8. The predicted molar refractivity (Wildman–Crippen MR) is 113 cm³/mol. The number of nitrogens with one attached hydrogen (secondary N) is 2. The Morgan fingerprint density at radius 1 is 0.931 bits per heavy atom. The van der Waals surface area contributed by atoms with Gasteiger partial charge in [-0.05, 0) is 36.6 Å². The van der Waals surface area contributed by atoms with E-state index in [4.69, 9.17) is 0 Å². The summed E-state index contributed by atoms with van der Waals surface area (Å²) < 4.78 is 1.87. The minimum Gasteiger partial charge on any atom is -0.352 e. The second kappa shape index (κ2) is 9.68. The zero-order valence-corrected chi connectivity index (χ0v) is 16.8. The first-order valence-electron chi connectivity index (χ1n) is 9.86. The van der Waals surface area contributed by atoms with Gasteiger partial charge >= 0.3 is 0 Å². The van der Waals surface area contributed by atoms with E-state index in [1.807, 2.05) is 61.0 Å². The molecule has 3 aromatic rings. The Balaban J connectivity index is 1.68. The summed E-state index contributed by atoms with van der Waals surface area (Å²) >= 11 is 0. The topological polar surface area (TPSA) is 76.0 Å². The van der Waals surface area contributed by atoms with Crippen molar-refractivity contribution in [3.8, 4) is 0 Å². The summed E-state index contributed by atoms with van der Waals surface area (Å²) in [6.07, 6.45) is 2.34. The van der Waals surface area contributed by atoms with Crippen LogP contribution < -0.4 is 10.6 Å². The monoisotopic (exact) mass is 390 g/mol. The van der Waals surface area contributed by atoms with Crippen molar-refractivity contribution in [2.75, 3.05) is 6.54 Å². The molecule has 0 saturated carbocycles. The van der Waals surface area contributed by atoms with E-state index in [1.165, 1.54) is 0 Å². The third-order valence-corrected chi connectivity index (χ3v) is 4.68. The van der Waals surface area contributed by atoms with E-state index >= 15 is 0 Å². The largest absolute Gasteiger partial charge is 0.352 e. The van der Waals surface area contributed by atoms with Crippen LogP contribution in [0.3, 0.4) is 0 Å². The summed E-state index contributed by atoms with van der Waals surface area (Å²) in [6, 6.07) is 17.3. The molecule has 0 aliphatic rings. The highest BCUT2D eigenvalue weighted by molar-refractivity contribution is 5.95. The van der Waals surface area contributed by atoms with E-state index in [0.29, 0.717) is 37.2 Å². The molecule has 2 N–H and O–H groups in total. The van der Waals surface area contributed by atoms with Gasteiger partial charge in [-0.25, -0.2) is 0 Å². The number of hydrogen-bond acceptors (Lipinski definition) is 3. The molecule has 0 saturated heterocycles. The molecule has 0 aliphatic carbocycles. The van der Waals surface area contributed by atoms with Gasteiger partial charge in [0.15, 0.2) is 0 Å². The predicted octanol–water partition coefficient (Wildman–Crippen LogP) is 3.17. The molecule has 0 unspecified atom stereocenters. The average Bonchev–Trinajstić information content (AvgIpc) is 3.15. The molecule has 0 fully saturated rings. The zero-order valence-electron chi connectivity index (χ0n) is 16.8. The number of amides is 2. The minimum atomic E-state index is -0.162. The molecule has 2 aromatic carbocycles. The van der Waals surface area contributed by atoms with Crippen LogP contribution in [0.2, 0.25) is 0 Å². The Kier molecular flexibility index (Phi) is 6.79. The molecule has 3 rings (SSSR count). The van der Waals surface area contributed by atoms with Gasteiger partial charge in [0.2, 0.25) is 0 Å². The lowest BCUT2D eigenvalue weighted by atomic mass is 10.1. The third kappa shape index (κ3) is 5.10. The summed E-state index contributed by atoms with van der Waals surface area (Å²) in [5.41, 5.74) is 4.09. The minimum absolute atomic E-state index is 0.115. The van der Waals surface area contributed by atoms with Crippen molar-refractivity contribution in [2.45, 2.75) is 33.4 Å². The molecule has 0 spiro atoms. The second-order valence-corrected chi connectivity index (χ2v) is 6.74. The molecule has 1 aromatic heterocycles. The Labute approximate surface area is 170 Å². The van der Waals surface area contributed by atoms with Crippen LogP contribution in [0.5, 0.6) is 0 Å². The van der Waals surface area contributed by atoms with E-state index in [-0.39, 0.29) is 11.8 Å². The average molecular weight is 390 g/mol. The number of nitrogens with zero attached hydrogens (tertiary/aromatic N) is 2. The lowest BCUT2D eigenvalue weighted by Gasteiger charge is -2.09. The lowest BCUT2D eigenvalue weighted by molar-refractivity contribution is 0.0946. The van der Waals surface area contributed by atoms with Gasteiger partial charge in [-0.2, -0.15) is 5.10 Å². The van der Waals surface area contributed by atoms with Gasteiger partial charge < -0.3 is 10.6 Å². The smallest absolute Gasteiger partial charge is 0.255 e. The van der Waals surface area contributed by atoms with Crippen LogP contribution in [0, 0.1) is 0 Å². The number of carbonyl (C=O) groups excluding carboxylic acids is 2. The highest BCUT2D eigenvalue weighted by atomic mass is 16.2. The maximum absolute atomic E-state index is 12.7. The van der Waals surface area contributed by atoms with Crippen LogP contribution in [-0.4, -0.2) is 28.1 Å². The molecule has 6 heteroatoms. The molecule has 0 atom stereocenters. The van der Waals surface area contributed by atoms with E-state index < -0.39 is 0 Å². The van der Waals surface area contributed by atoms with Crippen molar-refractivity contribution in [2.24, 2.45) is 0 Å².